The Morgan fingerprint density at radius 1 is 1.11 bits per heavy atom. The first kappa shape index (κ1) is 25.9. The van der Waals surface area contributed by atoms with E-state index in [-0.39, 0.29) is 23.2 Å². The van der Waals surface area contributed by atoms with Gasteiger partial charge >= 0.3 is 0 Å². The molecule has 0 spiro atoms. The monoisotopic (exact) mass is 529 g/mol. The largest absolute Gasteiger partial charge is 0.282 e. The molecule has 0 saturated heterocycles. The van der Waals surface area contributed by atoms with Crippen molar-refractivity contribution in [2.24, 2.45) is 0 Å². The molecule has 0 radical (unpaired) electrons. The molecule has 0 bridgehead atoms. The minimum Gasteiger partial charge on any atom is -0.282 e. The van der Waals surface area contributed by atoms with E-state index in [1.165, 1.54) is 56.9 Å². The van der Waals surface area contributed by atoms with E-state index in [1.807, 2.05) is 13.8 Å². The number of sulfonamides is 1. The minimum atomic E-state index is -3.65. The van der Waals surface area contributed by atoms with Crippen molar-refractivity contribution in [3.05, 3.63) is 72.3 Å². The van der Waals surface area contributed by atoms with Gasteiger partial charge in [0.15, 0.2) is 5.13 Å². The molecule has 11 heteroatoms. The molecule has 0 fully saturated rings. The predicted molar refractivity (Wildman–Crippen MR) is 139 cm³/mol. The summed E-state index contributed by atoms with van der Waals surface area (Å²) >= 11 is 1.22. The first-order chi connectivity index (χ1) is 17.3. The highest BCUT2D eigenvalue weighted by atomic mass is 32.2. The third-order valence-electron chi connectivity index (χ3n) is 5.78. The van der Waals surface area contributed by atoms with Crippen molar-refractivity contribution in [2.45, 2.75) is 38.1 Å². The molecule has 0 atom stereocenters. The van der Waals surface area contributed by atoms with Crippen LogP contribution in [0.2, 0.25) is 0 Å². The number of halogens is 1. The fraction of sp³-hybridized carbons (Fsp3) is 0.320. The van der Waals surface area contributed by atoms with E-state index in [1.54, 1.807) is 29.2 Å². The van der Waals surface area contributed by atoms with E-state index >= 15 is 0 Å². The van der Waals surface area contributed by atoms with Crippen LogP contribution in [0, 0.1) is 5.82 Å². The number of hydrogen-bond acceptors (Lipinski definition) is 6. The second-order valence-corrected chi connectivity index (χ2v) is 11.2. The zero-order valence-electron chi connectivity index (χ0n) is 20.2. The van der Waals surface area contributed by atoms with Gasteiger partial charge in [-0.25, -0.2) is 17.8 Å². The number of unbranched alkanes of at least 4 members (excludes halogenated alkanes) is 1. The van der Waals surface area contributed by atoms with Crippen molar-refractivity contribution < 1.29 is 17.6 Å². The SMILES string of the molecule is CCCCN(CC)S(=O)(=O)c1ccc(C(=O)N(CCn2cccn2)c2nc3ccc(F)cc3s2)cc1. The number of aromatic nitrogens is 3. The van der Waals surface area contributed by atoms with Gasteiger partial charge in [-0.1, -0.05) is 31.6 Å². The Morgan fingerprint density at radius 3 is 2.56 bits per heavy atom. The van der Waals surface area contributed by atoms with E-state index in [0.717, 1.165) is 12.8 Å². The van der Waals surface area contributed by atoms with E-state index in [4.69, 9.17) is 0 Å². The predicted octanol–water partition coefficient (Wildman–Crippen LogP) is 4.79. The van der Waals surface area contributed by atoms with Crippen LogP contribution < -0.4 is 4.90 Å². The van der Waals surface area contributed by atoms with Crippen molar-refractivity contribution >= 4 is 42.6 Å². The summed E-state index contributed by atoms with van der Waals surface area (Å²) < 4.78 is 43.6. The Hall–Kier alpha value is -3.15. The summed E-state index contributed by atoms with van der Waals surface area (Å²) in [6.07, 6.45) is 5.13. The molecule has 8 nitrogen and oxygen atoms in total. The number of carbonyl (C=O) groups excluding carboxylic acids is 1. The first-order valence-electron chi connectivity index (χ1n) is 11.8. The smallest absolute Gasteiger partial charge is 0.260 e. The van der Waals surface area contributed by atoms with Crippen LogP contribution in [0.3, 0.4) is 0 Å². The van der Waals surface area contributed by atoms with Crippen molar-refractivity contribution in [3.63, 3.8) is 0 Å². The van der Waals surface area contributed by atoms with Crippen molar-refractivity contribution in [2.75, 3.05) is 24.5 Å². The van der Waals surface area contributed by atoms with Crippen LogP contribution in [0.5, 0.6) is 0 Å². The number of nitrogens with zero attached hydrogens (tertiary/aromatic N) is 5. The summed E-state index contributed by atoms with van der Waals surface area (Å²) in [7, 11) is -3.65. The van der Waals surface area contributed by atoms with Crippen molar-refractivity contribution in [1.29, 1.82) is 0 Å². The number of hydrogen-bond donors (Lipinski definition) is 0. The van der Waals surface area contributed by atoms with Crippen LogP contribution in [0.25, 0.3) is 10.2 Å². The second-order valence-electron chi connectivity index (χ2n) is 8.21. The molecular formula is C25H28FN5O3S2. The zero-order valence-corrected chi connectivity index (χ0v) is 21.8. The third-order valence-corrected chi connectivity index (χ3v) is 8.81. The first-order valence-corrected chi connectivity index (χ1v) is 14.0. The average molecular weight is 530 g/mol. The summed E-state index contributed by atoms with van der Waals surface area (Å²) in [5.74, 6) is -0.701. The fourth-order valence-electron chi connectivity index (χ4n) is 3.78. The highest BCUT2D eigenvalue weighted by Crippen LogP contribution is 2.30. The van der Waals surface area contributed by atoms with Crippen molar-refractivity contribution in [3.8, 4) is 0 Å². The molecular weight excluding hydrogens is 501 g/mol. The molecule has 190 valence electrons. The molecule has 4 aromatic rings. The lowest BCUT2D eigenvalue weighted by Crippen LogP contribution is -2.34. The summed E-state index contributed by atoms with van der Waals surface area (Å²) in [6.45, 7) is 5.37. The Labute approximate surface area is 214 Å². The summed E-state index contributed by atoms with van der Waals surface area (Å²) in [5, 5.41) is 4.63. The molecule has 0 aliphatic heterocycles. The number of anilines is 1. The number of amides is 1. The van der Waals surface area contributed by atoms with E-state index in [2.05, 4.69) is 10.1 Å². The van der Waals surface area contributed by atoms with Crippen molar-refractivity contribution in [1.82, 2.24) is 19.1 Å². The maximum absolute atomic E-state index is 13.7. The number of thiazole rings is 1. The fourth-order valence-corrected chi connectivity index (χ4v) is 6.28. The zero-order chi connectivity index (χ0) is 25.7. The van der Waals surface area contributed by atoms with Crippen LogP contribution in [-0.2, 0) is 16.6 Å². The molecule has 2 aromatic heterocycles. The normalized spacial score (nSPS) is 11.9. The highest BCUT2D eigenvalue weighted by molar-refractivity contribution is 7.89. The highest BCUT2D eigenvalue weighted by Gasteiger charge is 2.25. The van der Waals surface area contributed by atoms with Gasteiger partial charge in [-0.2, -0.15) is 9.40 Å². The van der Waals surface area contributed by atoms with Gasteiger partial charge < -0.3 is 0 Å². The lowest BCUT2D eigenvalue weighted by atomic mass is 10.2. The molecule has 0 aliphatic carbocycles. The van der Waals surface area contributed by atoms with Crippen LogP contribution in [0.1, 0.15) is 37.0 Å². The quantitative estimate of drug-likeness (QED) is 0.279. The van der Waals surface area contributed by atoms with Gasteiger partial charge in [-0.15, -0.1) is 0 Å². The Bertz CT molecular complexity index is 1420. The topological polar surface area (TPSA) is 88.4 Å². The lowest BCUT2D eigenvalue weighted by molar-refractivity contribution is 0.0985. The van der Waals surface area contributed by atoms with Gasteiger partial charge in [-0.05, 0) is 55.0 Å². The molecule has 0 saturated carbocycles. The van der Waals surface area contributed by atoms with Gasteiger partial charge in [0.2, 0.25) is 10.0 Å². The number of fused-ring (bicyclic) bond motifs is 1. The average Bonchev–Trinajstić information content (AvgIpc) is 3.54. The van der Waals surface area contributed by atoms with E-state index < -0.39 is 10.0 Å². The van der Waals surface area contributed by atoms with E-state index in [0.29, 0.717) is 40.5 Å². The van der Waals surface area contributed by atoms with Gasteiger partial charge in [0.1, 0.15) is 5.82 Å². The Morgan fingerprint density at radius 2 is 1.89 bits per heavy atom. The molecule has 2 aromatic carbocycles. The molecule has 0 N–H and O–H groups in total. The van der Waals surface area contributed by atoms with Gasteiger partial charge in [0.25, 0.3) is 5.91 Å². The molecule has 1 amide bonds. The maximum atomic E-state index is 13.7. The summed E-state index contributed by atoms with van der Waals surface area (Å²) in [5.41, 5.74) is 0.929. The second kappa shape index (κ2) is 11.3. The Balaban J connectivity index is 1.62. The maximum Gasteiger partial charge on any atom is 0.260 e. The molecule has 0 unspecified atom stereocenters. The van der Waals surface area contributed by atoms with Crippen LogP contribution in [0.4, 0.5) is 9.52 Å². The minimum absolute atomic E-state index is 0.149. The Kier molecular flexibility index (Phi) is 8.12. The van der Waals surface area contributed by atoms with Gasteiger partial charge in [0.05, 0.1) is 21.7 Å². The number of benzene rings is 2. The summed E-state index contributed by atoms with van der Waals surface area (Å²) in [4.78, 5) is 19.8. The number of rotatable bonds is 11. The van der Waals surface area contributed by atoms with Crippen LogP contribution in [0.15, 0.2) is 65.8 Å². The number of carbonyl (C=O) groups is 1. The molecule has 36 heavy (non-hydrogen) atoms. The van der Waals surface area contributed by atoms with Crippen LogP contribution in [-0.4, -0.2) is 53.0 Å². The third kappa shape index (κ3) is 5.63. The molecule has 2 heterocycles. The molecule has 4 rings (SSSR count). The summed E-state index contributed by atoms with van der Waals surface area (Å²) in [6, 6.07) is 12.1. The van der Waals surface area contributed by atoms with Gasteiger partial charge in [-0.3, -0.25) is 14.4 Å². The van der Waals surface area contributed by atoms with Crippen LogP contribution >= 0.6 is 11.3 Å². The molecule has 0 aliphatic rings. The lowest BCUT2D eigenvalue weighted by Gasteiger charge is -2.21. The van der Waals surface area contributed by atoms with E-state index in [9.17, 15) is 17.6 Å². The van der Waals surface area contributed by atoms with Gasteiger partial charge in [0, 0.05) is 37.6 Å². The standard InChI is InChI=1S/C25H28FN5O3S2/c1-3-5-15-30(4-2)36(33,34)21-10-7-19(8-11-21)24(32)31(17-16-29-14-6-13-27-29)25-28-22-12-9-20(26)18-23(22)35-25/h6-14,18H,3-5,15-17H2,1-2H3.